The van der Waals surface area contributed by atoms with Crippen LogP contribution in [-0.2, 0) is 0 Å². The second kappa shape index (κ2) is 9.46. The minimum atomic E-state index is 0.385. The van der Waals surface area contributed by atoms with Crippen LogP contribution >= 0.6 is 0 Å². The molecule has 0 bridgehead atoms. The molecule has 24 heavy (non-hydrogen) atoms. The molecule has 0 N–H and O–H groups in total. The van der Waals surface area contributed by atoms with E-state index in [9.17, 15) is 0 Å². The van der Waals surface area contributed by atoms with Crippen LogP contribution in [0.15, 0.2) is 30.3 Å². The molecule has 0 amide bonds. The largest absolute Gasteiger partial charge is 0.489 e. The van der Waals surface area contributed by atoms with Crippen molar-refractivity contribution in [1.82, 2.24) is 4.90 Å². The van der Waals surface area contributed by atoms with Crippen molar-refractivity contribution in [1.29, 1.82) is 0 Å². The fraction of sp³-hybridized carbons (Fsp3) is 0.727. The molecule has 0 saturated heterocycles. The van der Waals surface area contributed by atoms with Crippen LogP contribution in [-0.4, -0.2) is 30.1 Å². The Kier molecular flexibility index (Phi) is 7.01. The minimum absolute atomic E-state index is 0.385. The number of likely N-dealkylation sites (N-methyl/N-ethyl adjacent to an activating group) is 1. The van der Waals surface area contributed by atoms with Crippen molar-refractivity contribution in [2.45, 2.75) is 95.2 Å². The second-order valence-corrected chi connectivity index (χ2v) is 7.84. The molecule has 134 valence electrons. The highest BCUT2D eigenvalue weighted by Gasteiger charge is 2.38. The Balaban J connectivity index is 1.53. The number of nitrogens with zero attached hydrogens (tertiary/aromatic N) is 1. The fourth-order valence-electron chi connectivity index (χ4n) is 4.37. The maximum atomic E-state index is 6.25. The third-order valence-electron chi connectivity index (χ3n) is 6.13. The predicted molar refractivity (Wildman–Crippen MR) is 102 cm³/mol. The van der Waals surface area contributed by atoms with Crippen molar-refractivity contribution >= 4 is 0 Å². The van der Waals surface area contributed by atoms with E-state index < -0.39 is 0 Å². The molecule has 2 atom stereocenters. The summed E-state index contributed by atoms with van der Waals surface area (Å²) < 4.78 is 6.25. The number of ether oxygens (including phenoxy) is 1. The van der Waals surface area contributed by atoms with Gasteiger partial charge in [-0.05, 0) is 44.9 Å². The van der Waals surface area contributed by atoms with Gasteiger partial charge in [-0.3, -0.25) is 4.90 Å². The van der Waals surface area contributed by atoms with E-state index in [0.717, 1.165) is 11.8 Å². The maximum absolute atomic E-state index is 6.25. The third-order valence-corrected chi connectivity index (χ3v) is 6.13. The molecular formula is C22H35NO. The van der Waals surface area contributed by atoms with Crippen LogP contribution in [0.25, 0.3) is 0 Å². The lowest BCUT2D eigenvalue weighted by molar-refractivity contribution is -0.0154. The molecule has 1 aromatic carbocycles. The summed E-state index contributed by atoms with van der Waals surface area (Å²) in [6.45, 7) is 0. The van der Waals surface area contributed by atoms with Gasteiger partial charge in [-0.2, -0.15) is 0 Å². The average Bonchev–Trinajstić information content (AvgIpc) is 2.65. The Morgan fingerprint density at radius 3 is 1.88 bits per heavy atom. The quantitative estimate of drug-likeness (QED) is 0.691. The molecule has 1 aromatic rings. The van der Waals surface area contributed by atoms with Gasteiger partial charge < -0.3 is 4.74 Å². The number of hydrogen-bond acceptors (Lipinski definition) is 2. The molecule has 2 aliphatic carbocycles. The number of hydrogen-bond donors (Lipinski definition) is 0. The molecule has 0 heterocycles. The third kappa shape index (κ3) is 4.99. The summed E-state index contributed by atoms with van der Waals surface area (Å²) in [6.07, 6.45) is 17.1. The Labute approximate surface area is 148 Å². The first-order valence-electron chi connectivity index (χ1n) is 10.3. The first kappa shape index (κ1) is 17.8. The van der Waals surface area contributed by atoms with Crippen molar-refractivity contribution < 1.29 is 4.74 Å². The molecule has 2 unspecified atom stereocenters. The second-order valence-electron chi connectivity index (χ2n) is 7.84. The Bertz CT molecular complexity index is 448. The smallest absolute Gasteiger partial charge is 0.119 e. The van der Waals surface area contributed by atoms with E-state index in [4.69, 9.17) is 4.74 Å². The van der Waals surface area contributed by atoms with Gasteiger partial charge in [-0.25, -0.2) is 0 Å². The molecule has 2 aliphatic rings. The topological polar surface area (TPSA) is 12.5 Å². The van der Waals surface area contributed by atoms with Gasteiger partial charge in [0.05, 0.1) is 0 Å². The van der Waals surface area contributed by atoms with E-state index in [1.165, 1.54) is 77.0 Å². The van der Waals surface area contributed by atoms with Crippen LogP contribution in [0.1, 0.15) is 77.0 Å². The zero-order chi connectivity index (χ0) is 16.6. The Morgan fingerprint density at radius 1 is 0.750 bits per heavy atom. The summed E-state index contributed by atoms with van der Waals surface area (Å²) in [4.78, 5) is 2.68. The molecule has 0 aromatic heterocycles. The van der Waals surface area contributed by atoms with Crippen LogP contribution in [0.4, 0.5) is 0 Å². The molecule has 0 aliphatic heterocycles. The van der Waals surface area contributed by atoms with Gasteiger partial charge in [-0.1, -0.05) is 69.6 Å². The molecule has 2 fully saturated rings. The molecule has 0 spiro atoms. The van der Waals surface area contributed by atoms with E-state index in [-0.39, 0.29) is 0 Å². The van der Waals surface area contributed by atoms with E-state index in [0.29, 0.717) is 12.1 Å². The first-order valence-corrected chi connectivity index (χ1v) is 10.3. The van der Waals surface area contributed by atoms with E-state index in [1.807, 2.05) is 0 Å². The maximum Gasteiger partial charge on any atom is 0.119 e. The van der Waals surface area contributed by atoms with Crippen molar-refractivity contribution in [2.24, 2.45) is 0 Å². The summed E-state index contributed by atoms with van der Waals surface area (Å²) in [5.74, 6) is 1.03. The average molecular weight is 330 g/mol. The molecule has 2 saturated carbocycles. The summed E-state index contributed by atoms with van der Waals surface area (Å²) in [7, 11) is 2.36. The summed E-state index contributed by atoms with van der Waals surface area (Å²) in [5, 5.41) is 0. The van der Waals surface area contributed by atoms with Crippen LogP contribution < -0.4 is 4.74 Å². The van der Waals surface area contributed by atoms with Gasteiger partial charge in [0.2, 0.25) is 0 Å². The first-order chi connectivity index (χ1) is 11.8. The Hall–Kier alpha value is -1.02. The summed E-state index contributed by atoms with van der Waals surface area (Å²) in [6, 6.07) is 11.7. The van der Waals surface area contributed by atoms with Crippen LogP contribution in [0.3, 0.4) is 0 Å². The molecular weight excluding hydrogens is 294 g/mol. The van der Waals surface area contributed by atoms with Crippen LogP contribution in [0, 0.1) is 0 Å². The molecule has 2 nitrogen and oxygen atoms in total. The van der Waals surface area contributed by atoms with Crippen molar-refractivity contribution in [2.75, 3.05) is 7.05 Å². The highest BCUT2D eigenvalue weighted by Crippen LogP contribution is 2.32. The van der Waals surface area contributed by atoms with Gasteiger partial charge in [-0.15, -0.1) is 0 Å². The monoisotopic (exact) mass is 329 g/mol. The van der Waals surface area contributed by atoms with Gasteiger partial charge >= 0.3 is 0 Å². The van der Waals surface area contributed by atoms with Gasteiger partial charge in [0.1, 0.15) is 11.9 Å². The Morgan fingerprint density at radius 2 is 1.33 bits per heavy atom. The predicted octanol–water partition coefficient (Wildman–Crippen LogP) is 5.81. The highest BCUT2D eigenvalue weighted by molar-refractivity contribution is 5.22. The molecule has 3 rings (SSSR count). The standard InChI is InChI=1S/C22H35NO/c1-23(19-13-9-6-4-2-3-5-7-10-14-19)21-17-18-22(21)24-20-15-11-8-12-16-20/h8,11-12,15-16,19,21-22H,2-7,9-10,13-14,17-18H2,1H3. The lowest BCUT2D eigenvalue weighted by atomic mass is 9.85. The summed E-state index contributed by atoms with van der Waals surface area (Å²) in [5.41, 5.74) is 0. The molecule has 2 heteroatoms. The van der Waals surface area contributed by atoms with Gasteiger partial charge in [0.15, 0.2) is 0 Å². The van der Waals surface area contributed by atoms with Crippen LogP contribution in [0.2, 0.25) is 0 Å². The van der Waals surface area contributed by atoms with E-state index >= 15 is 0 Å². The van der Waals surface area contributed by atoms with Crippen molar-refractivity contribution in [3.8, 4) is 5.75 Å². The lowest BCUT2D eigenvalue weighted by Gasteiger charge is -2.45. The number of para-hydroxylation sites is 1. The van der Waals surface area contributed by atoms with E-state index in [1.54, 1.807) is 0 Å². The fourth-order valence-corrected chi connectivity index (χ4v) is 4.37. The van der Waals surface area contributed by atoms with Crippen LogP contribution in [0.5, 0.6) is 5.75 Å². The van der Waals surface area contributed by atoms with E-state index in [2.05, 4.69) is 42.3 Å². The molecule has 0 radical (unpaired) electrons. The number of benzene rings is 1. The normalized spacial score (nSPS) is 27.2. The zero-order valence-electron chi connectivity index (χ0n) is 15.5. The SMILES string of the molecule is CN(C1CCCCCCCCCC1)C1CCC1Oc1ccccc1. The highest BCUT2D eigenvalue weighted by atomic mass is 16.5. The van der Waals surface area contributed by atoms with Gasteiger partial charge in [0, 0.05) is 12.1 Å². The van der Waals surface area contributed by atoms with Crippen molar-refractivity contribution in [3.05, 3.63) is 30.3 Å². The zero-order valence-corrected chi connectivity index (χ0v) is 15.5. The summed E-state index contributed by atoms with van der Waals surface area (Å²) >= 11 is 0. The lowest BCUT2D eigenvalue weighted by Crippen LogP contribution is -2.54. The minimum Gasteiger partial charge on any atom is -0.489 e. The number of rotatable bonds is 4. The van der Waals surface area contributed by atoms with Gasteiger partial charge in [0.25, 0.3) is 0 Å². The van der Waals surface area contributed by atoms with Crippen molar-refractivity contribution in [3.63, 3.8) is 0 Å².